The van der Waals surface area contributed by atoms with Gasteiger partial charge in [0.15, 0.2) is 0 Å². The van der Waals surface area contributed by atoms with Crippen molar-refractivity contribution >= 4 is 35.1 Å². The van der Waals surface area contributed by atoms with Crippen molar-refractivity contribution < 1.29 is 4.79 Å². The SMILES string of the molecule is C[C@]1(C(=O)Nc2nncn2Cc2ccccc2)CC1(Cl)Cl. The molecule has 0 bridgehead atoms. The van der Waals surface area contributed by atoms with E-state index in [0.717, 1.165) is 5.56 Å². The lowest BCUT2D eigenvalue weighted by Crippen LogP contribution is -2.27. The molecule has 1 aliphatic rings. The first-order chi connectivity index (χ1) is 9.92. The summed E-state index contributed by atoms with van der Waals surface area (Å²) < 4.78 is 0.768. The zero-order valence-corrected chi connectivity index (χ0v) is 12.9. The molecule has 110 valence electrons. The Kier molecular flexibility index (Phi) is 3.42. The van der Waals surface area contributed by atoms with Gasteiger partial charge in [0.2, 0.25) is 11.9 Å². The molecule has 3 rings (SSSR count). The van der Waals surface area contributed by atoms with Crippen LogP contribution in [0.1, 0.15) is 18.9 Å². The molecular weight excluding hydrogens is 311 g/mol. The van der Waals surface area contributed by atoms with E-state index in [9.17, 15) is 4.79 Å². The number of amides is 1. The zero-order chi connectivity index (χ0) is 15.1. The predicted molar refractivity (Wildman–Crippen MR) is 81.4 cm³/mol. The van der Waals surface area contributed by atoms with Crippen LogP contribution in [0, 0.1) is 5.41 Å². The lowest BCUT2D eigenvalue weighted by molar-refractivity contribution is -0.120. The summed E-state index contributed by atoms with van der Waals surface area (Å²) in [4.78, 5) is 12.3. The maximum Gasteiger partial charge on any atom is 0.235 e. The number of alkyl halides is 2. The van der Waals surface area contributed by atoms with E-state index in [1.54, 1.807) is 17.8 Å². The number of benzene rings is 1. The van der Waals surface area contributed by atoms with Gasteiger partial charge >= 0.3 is 0 Å². The number of nitrogens with one attached hydrogen (secondary N) is 1. The molecule has 5 nitrogen and oxygen atoms in total. The van der Waals surface area contributed by atoms with Gasteiger partial charge in [0.25, 0.3) is 0 Å². The van der Waals surface area contributed by atoms with Gasteiger partial charge in [0.1, 0.15) is 10.7 Å². The summed E-state index contributed by atoms with van der Waals surface area (Å²) in [6, 6.07) is 9.86. The van der Waals surface area contributed by atoms with Gasteiger partial charge in [-0.1, -0.05) is 30.3 Å². The molecule has 1 aliphatic carbocycles. The number of nitrogens with zero attached hydrogens (tertiary/aromatic N) is 3. The van der Waals surface area contributed by atoms with Crippen molar-refractivity contribution in [3.05, 3.63) is 42.2 Å². The zero-order valence-electron chi connectivity index (χ0n) is 11.4. The van der Waals surface area contributed by atoms with Gasteiger partial charge in [-0.05, 0) is 18.9 Å². The number of hydrogen-bond acceptors (Lipinski definition) is 3. The summed E-state index contributed by atoms with van der Waals surface area (Å²) in [5.74, 6) is 0.149. The smallest absolute Gasteiger partial charge is 0.235 e. The molecule has 0 spiro atoms. The number of halogens is 2. The van der Waals surface area contributed by atoms with Gasteiger partial charge in [-0.2, -0.15) is 0 Å². The van der Waals surface area contributed by atoms with Crippen molar-refractivity contribution in [1.29, 1.82) is 0 Å². The molecule has 1 saturated carbocycles. The normalized spacial score (nSPS) is 22.8. The number of hydrogen-bond donors (Lipinski definition) is 1. The molecule has 2 aromatic rings. The molecule has 1 aromatic heterocycles. The second-order valence-corrected chi connectivity index (χ2v) is 6.92. The van der Waals surface area contributed by atoms with Crippen molar-refractivity contribution in [3.63, 3.8) is 0 Å². The molecule has 21 heavy (non-hydrogen) atoms. The van der Waals surface area contributed by atoms with Gasteiger partial charge in [-0.3, -0.25) is 14.7 Å². The molecule has 0 unspecified atom stereocenters. The summed E-state index contributed by atoms with van der Waals surface area (Å²) in [6.07, 6.45) is 2.01. The molecule has 1 atom stereocenters. The highest BCUT2D eigenvalue weighted by Gasteiger charge is 2.68. The third-order valence-corrected chi connectivity index (χ3v) is 4.90. The first-order valence-corrected chi connectivity index (χ1v) is 7.29. The standard InChI is InChI=1S/C14H14Cl2N4O/c1-13(8-14(13,15)16)11(21)18-12-19-17-9-20(12)7-10-5-3-2-4-6-10/h2-6,9H,7-8H2,1H3,(H,18,19,21)/t13-/m1/s1. The summed E-state index contributed by atoms with van der Waals surface area (Å²) in [5, 5.41) is 10.5. The van der Waals surface area contributed by atoms with E-state index >= 15 is 0 Å². The molecule has 1 aromatic carbocycles. The Morgan fingerprint density at radius 1 is 1.38 bits per heavy atom. The average Bonchev–Trinajstić information content (AvgIpc) is 2.78. The fourth-order valence-electron chi connectivity index (χ4n) is 2.13. The van der Waals surface area contributed by atoms with Gasteiger partial charge in [-0.25, -0.2) is 0 Å². The van der Waals surface area contributed by atoms with Crippen LogP contribution in [0.5, 0.6) is 0 Å². The Hall–Kier alpha value is -1.59. The van der Waals surface area contributed by atoms with Gasteiger partial charge in [-0.15, -0.1) is 33.4 Å². The quantitative estimate of drug-likeness (QED) is 0.880. The van der Waals surface area contributed by atoms with Gasteiger partial charge in [0, 0.05) is 0 Å². The predicted octanol–water partition coefficient (Wildman–Crippen LogP) is 2.85. The van der Waals surface area contributed by atoms with Gasteiger partial charge in [0.05, 0.1) is 12.0 Å². The molecule has 1 fully saturated rings. The fraction of sp³-hybridized carbons (Fsp3) is 0.357. The van der Waals surface area contributed by atoms with E-state index in [-0.39, 0.29) is 5.91 Å². The summed E-state index contributed by atoms with van der Waals surface area (Å²) >= 11 is 12.0. The fourth-order valence-corrected chi connectivity index (χ4v) is 2.84. The Bertz CT molecular complexity index is 671. The number of anilines is 1. The molecule has 7 heteroatoms. The van der Waals surface area contributed by atoms with Crippen LogP contribution in [0.4, 0.5) is 5.95 Å². The maximum absolute atomic E-state index is 12.3. The lowest BCUT2D eigenvalue weighted by atomic mass is 10.1. The highest BCUT2D eigenvalue weighted by Crippen LogP contribution is 2.64. The number of rotatable bonds is 4. The molecule has 1 amide bonds. The van der Waals surface area contributed by atoms with Crippen molar-refractivity contribution in [2.75, 3.05) is 5.32 Å². The number of aromatic nitrogens is 3. The monoisotopic (exact) mass is 324 g/mol. The van der Waals surface area contributed by atoms with Crippen LogP contribution in [-0.2, 0) is 11.3 Å². The third-order valence-electron chi connectivity index (χ3n) is 3.80. The first-order valence-electron chi connectivity index (χ1n) is 6.53. The van der Waals surface area contributed by atoms with E-state index in [1.165, 1.54) is 0 Å². The van der Waals surface area contributed by atoms with Crippen LogP contribution >= 0.6 is 23.2 Å². The van der Waals surface area contributed by atoms with Crippen LogP contribution in [-0.4, -0.2) is 25.0 Å². The lowest BCUT2D eigenvalue weighted by Gasteiger charge is -2.13. The minimum Gasteiger partial charge on any atom is -0.295 e. The third kappa shape index (κ3) is 2.63. The van der Waals surface area contributed by atoms with E-state index in [1.807, 2.05) is 30.3 Å². The second kappa shape index (κ2) is 5.00. The number of carbonyl (C=O) groups excluding carboxylic acids is 1. The van der Waals surface area contributed by atoms with Gasteiger partial charge < -0.3 is 0 Å². The van der Waals surface area contributed by atoms with Crippen molar-refractivity contribution in [1.82, 2.24) is 14.8 Å². The minimum absolute atomic E-state index is 0.241. The Labute approximate surface area is 132 Å². The van der Waals surface area contributed by atoms with E-state index in [0.29, 0.717) is 18.9 Å². The van der Waals surface area contributed by atoms with E-state index < -0.39 is 9.75 Å². The van der Waals surface area contributed by atoms with Crippen molar-refractivity contribution in [3.8, 4) is 0 Å². The van der Waals surface area contributed by atoms with Crippen molar-refractivity contribution in [2.24, 2.45) is 5.41 Å². The topological polar surface area (TPSA) is 59.8 Å². The molecule has 0 saturated heterocycles. The molecule has 0 radical (unpaired) electrons. The Balaban J connectivity index is 1.73. The second-order valence-electron chi connectivity index (χ2n) is 5.44. The molecule has 0 aliphatic heterocycles. The highest BCUT2D eigenvalue weighted by atomic mass is 35.5. The summed E-state index contributed by atoms with van der Waals surface area (Å²) in [7, 11) is 0. The Morgan fingerprint density at radius 2 is 2.05 bits per heavy atom. The molecular formula is C14H14Cl2N4O. The molecule has 1 heterocycles. The Morgan fingerprint density at radius 3 is 2.67 bits per heavy atom. The van der Waals surface area contributed by atoms with E-state index in [4.69, 9.17) is 23.2 Å². The van der Waals surface area contributed by atoms with Crippen LogP contribution in [0.15, 0.2) is 36.7 Å². The largest absolute Gasteiger partial charge is 0.295 e. The van der Waals surface area contributed by atoms with Crippen LogP contribution in [0.3, 0.4) is 0 Å². The van der Waals surface area contributed by atoms with Crippen LogP contribution in [0.25, 0.3) is 0 Å². The summed E-state index contributed by atoms with van der Waals surface area (Å²) in [6.45, 7) is 2.31. The van der Waals surface area contributed by atoms with Crippen LogP contribution in [0.2, 0.25) is 0 Å². The van der Waals surface area contributed by atoms with E-state index in [2.05, 4.69) is 15.5 Å². The first kappa shape index (κ1) is 14.4. The van der Waals surface area contributed by atoms with Crippen LogP contribution < -0.4 is 5.32 Å². The number of carbonyl (C=O) groups is 1. The van der Waals surface area contributed by atoms with Crippen molar-refractivity contribution in [2.45, 2.75) is 24.2 Å². The highest BCUT2D eigenvalue weighted by molar-refractivity contribution is 6.53. The summed E-state index contributed by atoms with van der Waals surface area (Å²) in [5.41, 5.74) is 0.314. The maximum atomic E-state index is 12.3. The molecule has 1 N–H and O–H groups in total. The average molecular weight is 325 g/mol. The minimum atomic E-state index is -0.999.